The number of nitrogens with two attached hydrogens (primary N) is 1. The number of aromatic nitrogens is 2. The van der Waals surface area contributed by atoms with Crippen molar-refractivity contribution in [2.45, 2.75) is 19.5 Å². The van der Waals surface area contributed by atoms with Gasteiger partial charge in [0.2, 0.25) is 0 Å². The van der Waals surface area contributed by atoms with E-state index in [-0.39, 0.29) is 6.04 Å². The molecule has 6 nitrogen and oxygen atoms in total. The van der Waals surface area contributed by atoms with E-state index in [1.807, 2.05) is 0 Å². The van der Waals surface area contributed by atoms with Crippen molar-refractivity contribution in [2.75, 3.05) is 0 Å². The third kappa shape index (κ3) is 4.02. The topological polar surface area (TPSA) is 90.0 Å². The fourth-order valence-corrected chi connectivity index (χ4v) is 1.64. The predicted octanol–water partition coefficient (Wildman–Crippen LogP) is -0.935. The van der Waals surface area contributed by atoms with Crippen molar-refractivity contribution in [2.24, 2.45) is 5.14 Å². The van der Waals surface area contributed by atoms with Crippen molar-refractivity contribution in [1.29, 1.82) is 0 Å². The summed E-state index contributed by atoms with van der Waals surface area (Å²) in [6.07, 6.45) is 3.38. The average molecular weight is 204 g/mol. The van der Waals surface area contributed by atoms with Crippen molar-refractivity contribution in [3.05, 3.63) is 18.5 Å². The molecule has 0 bridgehead atoms. The Hall–Kier alpha value is -0.920. The van der Waals surface area contributed by atoms with Gasteiger partial charge in [0.15, 0.2) is 0 Å². The maximum absolute atomic E-state index is 10.6. The summed E-state index contributed by atoms with van der Waals surface area (Å²) in [6, 6.07) is 1.50. The quantitative estimate of drug-likeness (QED) is 0.663. The molecule has 1 atom stereocenters. The second-order valence-corrected chi connectivity index (χ2v) is 4.12. The molecule has 0 saturated heterocycles. The van der Waals surface area contributed by atoms with Crippen molar-refractivity contribution in [3.8, 4) is 0 Å². The third-order valence-electron chi connectivity index (χ3n) is 1.39. The van der Waals surface area contributed by atoms with Crippen LogP contribution in [0.15, 0.2) is 18.5 Å². The number of nitrogens with zero attached hydrogens (tertiary/aromatic N) is 2. The molecule has 0 aromatic carbocycles. The molecule has 74 valence electrons. The second kappa shape index (κ2) is 3.86. The van der Waals surface area contributed by atoms with Gasteiger partial charge in [0.1, 0.15) is 0 Å². The molecule has 1 aromatic rings. The van der Waals surface area contributed by atoms with Crippen LogP contribution in [0.25, 0.3) is 0 Å². The van der Waals surface area contributed by atoms with E-state index in [0.717, 1.165) is 0 Å². The molecular formula is C6H12N4O2S. The number of hydrogen-bond donors (Lipinski definition) is 2. The monoisotopic (exact) mass is 204 g/mol. The van der Waals surface area contributed by atoms with Crippen molar-refractivity contribution < 1.29 is 8.42 Å². The highest BCUT2D eigenvalue weighted by Crippen LogP contribution is 1.90. The van der Waals surface area contributed by atoms with Crippen LogP contribution < -0.4 is 9.86 Å². The Morgan fingerprint density at radius 2 is 2.38 bits per heavy atom. The van der Waals surface area contributed by atoms with Gasteiger partial charge in [-0.3, -0.25) is 4.68 Å². The van der Waals surface area contributed by atoms with Crippen LogP contribution in [-0.2, 0) is 16.8 Å². The highest BCUT2D eigenvalue weighted by atomic mass is 32.2. The first kappa shape index (κ1) is 10.2. The van der Waals surface area contributed by atoms with Crippen LogP contribution >= 0.6 is 0 Å². The molecule has 3 N–H and O–H groups in total. The summed E-state index contributed by atoms with van der Waals surface area (Å²) in [5.41, 5.74) is 0. The summed E-state index contributed by atoms with van der Waals surface area (Å²) >= 11 is 0. The van der Waals surface area contributed by atoms with Crippen LogP contribution in [0.1, 0.15) is 6.92 Å². The molecular weight excluding hydrogens is 192 g/mol. The largest absolute Gasteiger partial charge is 0.274 e. The zero-order valence-corrected chi connectivity index (χ0v) is 8.03. The van der Waals surface area contributed by atoms with E-state index in [9.17, 15) is 8.42 Å². The molecule has 0 fully saturated rings. The van der Waals surface area contributed by atoms with Crippen LogP contribution in [-0.4, -0.2) is 24.2 Å². The zero-order valence-electron chi connectivity index (χ0n) is 7.21. The van der Waals surface area contributed by atoms with E-state index in [1.54, 1.807) is 30.1 Å². The SMILES string of the molecule is CC(Cn1cccn1)NS(N)(=O)=O. The molecule has 0 aliphatic heterocycles. The molecule has 0 radical (unpaired) electrons. The minimum atomic E-state index is -3.62. The van der Waals surface area contributed by atoms with E-state index in [2.05, 4.69) is 9.82 Å². The van der Waals surface area contributed by atoms with Crippen molar-refractivity contribution in [3.63, 3.8) is 0 Å². The van der Waals surface area contributed by atoms with Gasteiger partial charge in [-0.2, -0.15) is 18.2 Å². The summed E-state index contributed by atoms with van der Waals surface area (Å²) in [6.45, 7) is 2.18. The fourth-order valence-electron chi connectivity index (χ4n) is 1.01. The fraction of sp³-hybridized carbons (Fsp3) is 0.500. The van der Waals surface area contributed by atoms with Gasteiger partial charge < -0.3 is 0 Å². The maximum Gasteiger partial charge on any atom is 0.274 e. The molecule has 1 rings (SSSR count). The Morgan fingerprint density at radius 3 is 2.85 bits per heavy atom. The van der Waals surface area contributed by atoms with Crippen LogP contribution in [0.4, 0.5) is 0 Å². The van der Waals surface area contributed by atoms with E-state index < -0.39 is 10.2 Å². The Morgan fingerprint density at radius 1 is 1.69 bits per heavy atom. The standard InChI is InChI=1S/C6H12N4O2S/c1-6(9-13(7,11)12)5-10-4-2-3-8-10/h2-4,6,9H,5H2,1H3,(H2,7,11,12). The Balaban J connectivity index is 2.47. The first-order valence-electron chi connectivity index (χ1n) is 3.75. The Bertz CT molecular complexity index is 345. The lowest BCUT2D eigenvalue weighted by Gasteiger charge is -2.11. The molecule has 0 aliphatic rings. The van der Waals surface area contributed by atoms with Gasteiger partial charge in [0.05, 0.1) is 6.54 Å². The van der Waals surface area contributed by atoms with Gasteiger partial charge in [-0.1, -0.05) is 0 Å². The Kier molecular flexibility index (Phi) is 3.02. The molecule has 0 saturated carbocycles. The zero-order chi connectivity index (χ0) is 9.90. The van der Waals surface area contributed by atoms with Crippen LogP contribution in [0.2, 0.25) is 0 Å². The summed E-state index contributed by atoms with van der Waals surface area (Å²) in [7, 11) is -3.62. The minimum Gasteiger partial charge on any atom is -0.271 e. The maximum atomic E-state index is 10.6. The Labute approximate surface area is 76.9 Å². The van der Waals surface area contributed by atoms with E-state index in [0.29, 0.717) is 6.54 Å². The molecule has 0 spiro atoms. The van der Waals surface area contributed by atoms with Crippen molar-refractivity contribution >= 4 is 10.2 Å². The molecule has 0 amide bonds. The third-order valence-corrected chi connectivity index (χ3v) is 2.12. The highest BCUT2D eigenvalue weighted by Gasteiger charge is 2.08. The lowest BCUT2D eigenvalue weighted by Crippen LogP contribution is -2.39. The average Bonchev–Trinajstić information content (AvgIpc) is 2.34. The molecule has 1 heterocycles. The normalized spacial score (nSPS) is 14.3. The van der Waals surface area contributed by atoms with Gasteiger partial charge in [0, 0.05) is 18.4 Å². The molecule has 1 aromatic heterocycles. The summed E-state index contributed by atoms with van der Waals surface area (Å²) in [5, 5.41) is 8.72. The summed E-state index contributed by atoms with van der Waals surface area (Å²) in [4.78, 5) is 0. The smallest absolute Gasteiger partial charge is 0.271 e. The predicted molar refractivity (Wildman–Crippen MR) is 47.9 cm³/mol. The number of rotatable bonds is 4. The summed E-state index contributed by atoms with van der Waals surface area (Å²) in [5.74, 6) is 0. The van der Waals surface area contributed by atoms with Crippen LogP contribution in [0.3, 0.4) is 0 Å². The molecule has 0 aliphatic carbocycles. The van der Waals surface area contributed by atoms with Gasteiger partial charge in [-0.25, -0.2) is 5.14 Å². The van der Waals surface area contributed by atoms with Crippen LogP contribution in [0, 0.1) is 0 Å². The lowest BCUT2D eigenvalue weighted by atomic mass is 10.4. The first-order chi connectivity index (χ1) is 5.97. The highest BCUT2D eigenvalue weighted by molar-refractivity contribution is 7.87. The molecule has 1 unspecified atom stereocenters. The number of hydrogen-bond acceptors (Lipinski definition) is 3. The second-order valence-electron chi connectivity index (χ2n) is 2.79. The first-order valence-corrected chi connectivity index (χ1v) is 5.29. The van der Waals surface area contributed by atoms with Gasteiger partial charge >= 0.3 is 0 Å². The molecule has 13 heavy (non-hydrogen) atoms. The van der Waals surface area contributed by atoms with E-state index >= 15 is 0 Å². The summed E-state index contributed by atoms with van der Waals surface area (Å²) < 4.78 is 25.1. The molecule has 7 heteroatoms. The van der Waals surface area contributed by atoms with Crippen molar-refractivity contribution in [1.82, 2.24) is 14.5 Å². The van der Waals surface area contributed by atoms with E-state index in [1.165, 1.54) is 0 Å². The van der Waals surface area contributed by atoms with Gasteiger partial charge in [-0.05, 0) is 13.0 Å². The number of nitrogens with one attached hydrogen (secondary N) is 1. The van der Waals surface area contributed by atoms with Gasteiger partial charge in [0.25, 0.3) is 10.2 Å². The minimum absolute atomic E-state index is 0.269. The van der Waals surface area contributed by atoms with Crippen LogP contribution in [0.5, 0.6) is 0 Å². The van der Waals surface area contributed by atoms with E-state index in [4.69, 9.17) is 5.14 Å². The van der Waals surface area contributed by atoms with Gasteiger partial charge in [-0.15, -0.1) is 0 Å². The lowest BCUT2D eigenvalue weighted by molar-refractivity contribution is 0.494.